The molecule has 1 aliphatic rings. The molecule has 0 aromatic rings. The summed E-state index contributed by atoms with van der Waals surface area (Å²) in [4.78, 5) is 10.1. The van der Waals surface area contributed by atoms with Crippen molar-refractivity contribution in [1.82, 2.24) is 5.43 Å². The molecule has 0 radical (unpaired) electrons. The zero-order chi connectivity index (χ0) is 8.81. The van der Waals surface area contributed by atoms with Crippen LogP contribution in [-0.2, 0) is 4.79 Å². The number of carbonyl (C=O) groups is 1. The number of carboxylic acid groups (broad SMARTS) is 1. The number of hydrogen-bond donors (Lipinski definition) is 2. The predicted octanol–water partition coefficient (Wildman–Crippen LogP) is 0.544. The highest BCUT2D eigenvalue weighted by atomic mass is 32.2. The van der Waals surface area contributed by atoms with Gasteiger partial charge < -0.3 is 5.11 Å². The first-order valence-electron chi connectivity index (χ1n) is 3.87. The molecule has 0 aliphatic carbocycles. The van der Waals surface area contributed by atoms with Crippen molar-refractivity contribution in [2.45, 2.75) is 12.8 Å². The van der Waals surface area contributed by atoms with Crippen molar-refractivity contribution in [2.75, 3.05) is 18.1 Å². The topological polar surface area (TPSA) is 61.7 Å². The highest BCUT2D eigenvalue weighted by Crippen LogP contribution is 2.13. The molecular formula is C7H12N2O2S. The summed E-state index contributed by atoms with van der Waals surface area (Å²) in [6.07, 6.45) is 1.97. The van der Waals surface area contributed by atoms with Gasteiger partial charge in [-0.3, -0.25) is 10.2 Å². The maximum Gasteiger partial charge on any atom is 0.324 e. The van der Waals surface area contributed by atoms with E-state index >= 15 is 0 Å². The molecule has 1 saturated heterocycles. The molecule has 0 atom stereocenters. The monoisotopic (exact) mass is 188 g/mol. The molecule has 0 unspecified atom stereocenters. The van der Waals surface area contributed by atoms with Gasteiger partial charge in [-0.1, -0.05) is 0 Å². The van der Waals surface area contributed by atoms with Crippen molar-refractivity contribution in [3.05, 3.63) is 0 Å². The molecule has 1 rings (SSSR count). The lowest BCUT2D eigenvalue weighted by Gasteiger charge is -2.11. The molecule has 1 heterocycles. The second-order valence-electron chi connectivity index (χ2n) is 2.52. The Morgan fingerprint density at radius 3 is 2.83 bits per heavy atom. The summed E-state index contributed by atoms with van der Waals surface area (Å²) in [5, 5.41) is 12.3. The van der Waals surface area contributed by atoms with Gasteiger partial charge in [0.05, 0.1) is 0 Å². The zero-order valence-electron chi connectivity index (χ0n) is 6.75. The molecular weight excluding hydrogens is 176 g/mol. The van der Waals surface area contributed by atoms with Crippen LogP contribution in [0.5, 0.6) is 0 Å². The molecule has 68 valence electrons. The number of hydrogen-bond acceptors (Lipinski definition) is 4. The minimum atomic E-state index is -0.871. The van der Waals surface area contributed by atoms with E-state index in [1.165, 1.54) is 0 Å². The molecule has 0 spiro atoms. The van der Waals surface area contributed by atoms with Crippen LogP contribution in [-0.4, -0.2) is 34.8 Å². The van der Waals surface area contributed by atoms with Gasteiger partial charge in [0.15, 0.2) is 0 Å². The van der Waals surface area contributed by atoms with E-state index in [1.807, 2.05) is 11.8 Å². The average Bonchev–Trinajstić information content (AvgIpc) is 2.05. The summed E-state index contributed by atoms with van der Waals surface area (Å²) in [5.74, 6) is 1.34. The third-order valence-electron chi connectivity index (χ3n) is 1.54. The Morgan fingerprint density at radius 2 is 2.25 bits per heavy atom. The largest absolute Gasteiger partial charge is 0.480 e. The van der Waals surface area contributed by atoms with Gasteiger partial charge >= 0.3 is 5.97 Å². The SMILES string of the molecule is O=C(O)CNN=C1CCSCC1. The Kier molecular flexibility index (Phi) is 3.93. The first kappa shape index (κ1) is 9.38. The van der Waals surface area contributed by atoms with Crippen molar-refractivity contribution in [1.29, 1.82) is 0 Å². The Bertz CT molecular complexity index is 186. The van der Waals surface area contributed by atoms with Crippen molar-refractivity contribution < 1.29 is 9.90 Å². The van der Waals surface area contributed by atoms with Crippen LogP contribution in [0, 0.1) is 0 Å². The van der Waals surface area contributed by atoms with Gasteiger partial charge in [0.25, 0.3) is 0 Å². The Balaban J connectivity index is 2.20. The quantitative estimate of drug-likeness (QED) is 0.635. The zero-order valence-corrected chi connectivity index (χ0v) is 7.56. The van der Waals surface area contributed by atoms with Gasteiger partial charge in [-0.15, -0.1) is 0 Å². The molecule has 0 aromatic carbocycles. The Morgan fingerprint density at radius 1 is 1.58 bits per heavy atom. The van der Waals surface area contributed by atoms with Crippen LogP contribution in [0.25, 0.3) is 0 Å². The Hall–Kier alpha value is -0.710. The van der Waals surface area contributed by atoms with E-state index < -0.39 is 5.97 Å². The lowest BCUT2D eigenvalue weighted by atomic mass is 10.2. The predicted molar refractivity (Wildman–Crippen MR) is 49.6 cm³/mol. The second-order valence-corrected chi connectivity index (χ2v) is 3.74. The summed E-state index contributed by atoms with van der Waals surface area (Å²) in [5.41, 5.74) is 3.63. The normalized spacial score (nSPS) is 17.2. The summed E-state index contributed by atoms with van der Waals surface area (Å²) in [6, 6.07) is 0. The summed E-state index contributed by atoms with van der Waals surface area (Å²) < 4.78 is 0. The molecule has 0 saturated carbocycles. The lowest BCUT2D eigenvalue weighted by molar-refractivity contribution is -0.135. The van der Waals surface area contributed by atoms with Crippen molar-refractivity contribution in [3.63, 3.8) is 0 Å². The van der Waals surface area contributed by atoms with Crippen LogP contribution in [0.4, 0.5) is 0 Å². The van der Waals surface area contributed by atoms with Crippen molar-refractivity contribution >= 4 is 23.4 Å². The van der Waals surface area contributed by atoms with Crippen molar-refractivity contribution in [2.24, 2.45) is 5.10 Å². The van der Waals surface area contributed by atoms with Gasteiger partial charge in [0.1, 0.15) is 6.54 Å². The minimum absolute atomic E-state index is 0.0867. The molecule has 0 amide bonds. The van der Waals surface area contributed by atoms with Gasteiger partial charge in [-0.25, -0.2) is 0 Å². The highest BCUT2D eigenvalue weighted by molar-refractivity contribution is 7.99. The number of rotatable bonds is 3. The fourth-order valence-corrected chi connectivity index (χ4v) is 1.90. The fourth-order valence-electron chi connectivity index (χ4n) is 0.938. The molecule has 12 heavy (non-hydrogen) atoms. The fraction of sp³-hybridized carbons (Fsp3) is 0.714. The van der Waals surface area contributed by atoms with E-state index in [1.54, 1.807) is 0 Å². The van der Waals surface area contributed by atoms with Crippen LogP contribution in [0.1, 0.15) is 12.8 Å². The van der Waals surface area contributed by atoms with Crippen LogP contribution in [0.2, 0.25) is 0 Å². The van der Waals surface area contributed by atoms with Gasteiger partial charge in [0, 0.05) is 5.71 Å². The standard InChI is InChI=1S/C7H12N2O2S/c10-7(11)5-8-9-6-1-3-12-4-2-6/h8H,1-5H2,(H,10,11). The van der Waals surface area contributed by atoms with Gasteiger partial charge in [0.2, 0.25) is 0 Å². The second kappa shape index (κ2) is 5.03. The molecule has 4 nitrogen and oxygen atoms in total. The Labute approximate surface area is 75.4 Å². The number of carboxylic acids is 1. The number of nitrogens with zero attached hydrogens (tertiary/aromatic N) is 1. The molecule has 1 aliphatic heterocycles. The maximum atomic E-state index is 10.1. The third-order valence-corrected chi connectivity index (χ3v) is 2.52. The smallest absolute Gasteiger partial charge is 0.324 e. The summed E-state index contributed by atoms with van der Waals surface area (Å²) >= 11 is 1.91. The van der Waals surface area contributed by atoms with E-state index in [2.05, 4.69) is 10.5 Å². The van der Waals surface area contributed by atoms with E-state index in [0.717, 1.165) is 30.1 Å². The number of thioether (sulfide) groups is 1. The first-order valence-corrected chi connectivity index (χ1v) is 5.02. The van der Waals surface area contributed by atoms with Crippen LogP contribution in [0.15, 0.2) is 5.10 Å². The summed E-state index contributed by atoms with van der Waals surface area (Å²) in [7, 11) is 0. The lowest BCUT2D eigenvalue weighted by Crippen LogP contribution is -2.20. The molecule has 0 bridgehead atoms. The number of nitrogens with one attached hydrogen (secondary N) is 1. The third kappa shape index (κ3) is 3.61. The molecule has 0 aromatic heterocycles. The minimum Gasteiger partial charge on any atom is -0.480 e. The van der Waals surface area contributed by atoms with E-state index in [0.29, 0.717) is 0 Å². The van der Waals surface area contributed by atoms with Crippen LogP contribution < -0.4 is 5.43 Å². The van der Waals surface area contributed by atoms with Crippen LogP contribution in [0.3, 0.4) is 0 Å². The maximum absolute atomic E-state index is 10.1. The van der Waals surface area contributed by atoms with Crippen LogP contribution >= 0.6 is 11.8 Å². The number of hydrazone groups is 1. The number of aliphatic carboxylic acids is 1. The van der Waals surface area contributed by atoms with E-state index in [9.17, 15) is 4.79 Å². The molecule has 2 N–H and O–H groups in total. The molecule has 5 heteroatoms. The highest BCUT2D eigenvalue weighted by Gasteiger charge is 2.06. The first-order chi connectivity index (χ1) is 5.79. The van der Waals surface area contributed by atoms with Crippen molar-refractivity contribution in [3.8, 4) is 0 Å². The van der Waals surface area contributed by atoms with E-state index in [-0.39, 0.29) is 6.54 Å². The van der Waals surface area contributed by atoms with E-state index in [4.69, 9.17) is 5.11 Å². The van der Waals surface area contributed by atoms with Gasteiger partial charge in [-0.2, -0.15) is 16.9 Å². The summed E-state index contributed by atoms with van der Waals surface area (Å²) in [6.45, 7) is -0.0867. The molecule has 1 fully saturated rings. The average molecular weight is 188 g/mol. The van der Waals surface area contributed by atoms with Gasteiger partial charge in [-0.05, 0) is 24.3 Å².